The molecule has 88 valence electrons. The number of nitrogens with zero attached hydrogens (tertiary/aromatic N) is 4. The van der Waals surface area contributed by atoms with E-state index in [2.05, 4.69) is 20.3 Å². The Morgan fingerprint density at radius 3 is 3.12 bits per heavy atom. The van der Waals surface area contributed by atoms with Crippen LogP contribution in [0, 0.1) is 0 Å². The lowest BCUT2D eigenvalue weighted by atomic mass is 10.2. The number of likely N-dealkylation sites (tertiary alicyclic amines) is 1. The Morgan fingerprint density at radius 1 is 1.75 bits per heavy atom. The van der Waals surface area contributed by atoms with Crippen LogP contribution in [0.15, 0.2) is 6.33 Å². The number of hydrogen-bond donors (Lipinski definition) is 2. The van der Waals surface area contributed by atoms with Gasteiger partial charge in [0.1, 0.15) is 12.9 Å². The summed E-state index contributed by atoms with van der Waals surface area (Å²) in [5.41, 5.74) is 5.35. The van der Waals surface area contributed by atoms with Crippen molar-refractivity contribution in [2.75, 3.05) is 25.9 Å². The minimum absolute atomic E-state index is 0.0507. The number of amides is 1. The van der Waals surface area contributed by atoms with E-state index in [0.717, 1.165) is 19.5 Å². The van der Waals surface area contributed by atoms with Gasteiger partial charge in [0.25, 0.3) is 0 Å². The van der Waals surface area contributed by atoms with Crippen LogP contribution in [0.2, 0.25) is 0 Å². The highest BCUT2D eigenvalue weighted by Gasteiger charge is 2.20. The maximum Gasteiger partial charge on any atom is 0.242 e. The van der Waals surface area contributed by atoms with E-state index in [4.69, 9.17) is 5.73 Å². The first-order valence-electron chi connectivity index (χ1n) is 5.26. The molecule has 7 heteroatoms. The molecule has 0 saturated carbocycles. The van der Waals surface area contributed by atoms with Gasteiger partial charge in [0.05, 0.1) is 0 Å². The highest BCUT2D eigenvalue weighted by molar-refractivity contribution is 5.76. The number of anilines is 1. The lowest BCUT2D eigenvalue weighted by Crippen LogP contribution is -2.38. The van der Waals surface area contributed by atoms with Gasteiger partial charge in [-0.2, -0.15) is 0 Å². The molecule has 1 unspecified atom stereocenters. The Bertz CT molecular complexity index is 376. The van der Waals surface area contributed by atoms with E-state index in [0.29, 0.717) is 0 Å². The van der Waals surface area contributed by atoms with Gasteiger partial charge in [-0.1, -0.05) is 0 Å². The summed E-state index contributed by atoms with van der Waals surface area (Å²) < 4.78 is 1.43. The number of hydrogen-bond acceptors (Lipinski definition) is 5. The monoisotopic (exact) mass is 224 g/mol. The Hall–Kier alpha value is -1.63. The second kappa shape index (κ2) is 4.48. The topological polar surface area (TPSA) is 89.1 Å². The van der Waals surface area contributed by atoms with E-state index < -0.39 is 0 Å². The van der Waals surface area contributed by atoms with Gasteiger partial charge < -0.3 is 16.0 Å². The molecule has 1 saturated heterocycles. The molecule has 1 aliphatic rings. The summed E-state index contributed by atoms with van der Waals surface area (Å²) in [4.78, 5) is 17.6. The molecule has 0 bridgehead atoms. The number of nitrogen functional groups attached to an aromatic ring is 1. The molecule has 0 aliphatic carbocycles. The van der Waals surface area contributed by atoms with Crippen LogP contribution in [-0.4, -0.2) is 51.8 Å². The number of carbonyl (C=O) groups is 1. The van der Waals surface area contributed by atoms with Crippen LogP contribution in [-0.2, 0) is 11.3 Å². The summed E-state index contributed by atoms with van der Waals surface area (Å²) in [6.45, 7) is 2.11. The van der Waals surface area contributed by atoms with E-state index in [9.17, 15) is 4.79 Å². The molecule has 0 spiro atoms. The summed E-state index contributed by atoms with van der Waals surface area (Å²) >= 11 is 0. The highest BCUT2D eigenvalue weighted by Crippen LogP contribution is 2.05. The Morgan fingerprint density at radius 2 is 2.56 bits per heavy atom. The van der Waals surface area contributed by atoms with E-state index >= 15 is 0 Å². The van der Waals surface area contributed by atoms with Gasteiger partial charge >= 0.3 is 0 Å². The summed E-state index contributed by atoms with van der Waals surface area (Å²) in [7, 11) is 2.05. The fraction of sp³-hybridized carbons (Fsp3) is 0.667. The van der Waals surface area contributed by atoms with Crippen molar-refractivity contribution in [3.63, 3.8) is 0 Å². The molecule has 1 aromatic heterocycles. The number of nitrogens with two attached hydrogens (primary N) is 1. The van der Waals surface area contributed by atoms with Gasteiger partial charge in [-0.05, 0) is 20.0 Å². The molecule has 1 aliphatic heterocycles. The Kier molecular flexibility index (Phi) is 3.04. The molecule has 16 heavy (non-hydrogen) atoms. The van der Waals surface area contributed by atoms with Crippen LogP contribution in [0.25, 0.3) is 0 Å². The molecule has 0 aromatic carbocycles. The molecule has 1 fully saturated rings. The quantitative estimate of drug-likeness (QED) is 0.665. The first-order chi connectivity index (χ1) is 7.63. The van der Waals surface area contributed by atoms with Crippen molar-refractivity contribution in [1.82, 2.24) is 25.0 Å². The van der Waals surface area contributed by atoms with Crippen molar-refractivity contribution in [2.45, 2.75) is 19.0 Å². The second-order valence-electron chi connectivity index (χ2n) is 4.12. The van der Waals surface area contributed by atoms with Crippen molar-refractivity contribution in [2.24, 2.45) is 0 Å². The summed E-state index contributed by atoms with van der Waals surface area (Å²) in [5, 5.41) is 6.81. The first kappa shape index (κ1) is 10.9. The van der Waals surface area contributed by atoms with Gasteiger partial charge in [-0.3, -0.25) is 4.79 Å². The van der Waals surface area contributed by atoms with Gasteiger partial charge in [-0.25, -0.2) is 9.67 Å². The van der Waals surface area contributed by atoms with Crippen molar-refractivity contribution >= 4 is 11.9 Å². The highest BCUT2D eigenvalue weighted by atomic mass is 16.2. The number of aromatic nitrogens is 3. The summed E-state index contributed by atoms with van der Waals surface area (Å²) in [6, 6.07) is 0.248. The zero-order chi connectivity index (χ0) is 11.5. The third kappa shape index (κ3) is 2.69. The zero-order valence-corrected chi connectivity index (χ0v) is 9.26. The van der Waals surface area contributed by atoms with Crippen LogP contribution < -0.4 is 11.1 Å². The van der Waals surface area contributed by atoms with Crippen LogP contribution in [0.3, 0.4) is 0 Å². The number of rotatable bonds is 3. The van der Waals surface area contributed by atoms with Gasteiger partial charge in [-0.15, -0.1) is 5.10 Å². The fourth-order valence-corrected chi connectivity index (χ4v) is 1.86. The zero-order valence-electron chi connectivity index (χ0n) is 9.26. The van der Waals surface area contributed by atoms with Crippen molar-refractivity contribution < 1.29 is 4.79 Å². The normalized spacial score (nSPS) is 21.2. The lowest BCUT2D eigenvalue weighted by Gasteiger charge is -2.12. The molecule has 2 rings (SSSR count). The maximum absolute atomic E-state index is 11.6. The van der Waals surface area contributed by atoms with Crippen molar-refractivity contribution in [1.29, 1.82) is 0 Å². The number of likely N-dealkylation sites (N-methyl/N-ethyl adjacent to an activating group) is 1. The standard InChI is InChI=1S/C9H16N6O/c1-14-3-2-7(4-14)12-8(16)5-15-6-11-9(10)13-15/h6-7H,2-5H2,1H3,(H2,10,13)(H,12,16). The molecule has 3 N–H and O–H groups in total. The van der Waals surface area contributed by atoms with Crippen LogP contribution in [0.5, 0.6) is 0 Å². The minimum Gasteiger partial charge on any atom is -0.367 e. The molecule has 7 nitrogen and oxygen atoms in total. The second-order valence-corrected chi connectivity index (χ2v) is 4.12. The predicted octanol–water partition coefficient (Wildman–Crippen LogP) is -1.32. The number of nitrogens with one attached hydrogen (secondary N) is 1. The van der Waals surface area contributed by atoms with E-state index in [-0.39, 0.29) is 24.4 Å². The van der Waals surface area contributed by atoms with Crippen molar-refractivity contribution in [3.8, 4) is 0 Å². The van der Waals surface area contributed by atoms with Crippen LogP contribution in [0.1, 0.15) is 6.42 Å². The van der Waals surface area contributed by atoms with Gasteiger partial charge in [0, 0.05) is 12.6 Å². The third-order valence-electron chi connectivity index (χ3n) is 2.62. The van der Waals surface area contributed by atoms with E-state index in [1.54, 1.807) is 0 Å². The van der Waals surface area contributed by atoms with Crippen molar-refractivity contribution in [3.05, 3.63) is 6.33 Å². The first-order valence-corrected chi connectivity index (χ1v) is 5.26. The maximum atomic E-state index is 11.6. The smallest absolute Gasteiger partial charge is 0.242 e. The van der Waals surface area contributed by atoms with Gasteiger partial charge in [0.15, 0.2) is 0 Å². The lowest BCUT2D eigenvalue weighted by molar-refractivity contribution is -0.122. The molecule has 1 amide bonds. The van der Waals surface area contributed by atoms with Crippen LogP contribution >= 0.6 is 0 Å². The summed E-state index contributed by atoms with van der Waals surface area (Å²) in [5.74, 6) is 0.138. The SMILES string of the molecule is CN1CCC(NC(=O)Cn2cnc(N)n2)C1. The molecule has 0 radical (unpaired) electrons. The predicted molar refractivity (Wildman–Crippen MR) is 58.5 cm³/mol. The third-order valence-corrected chi connectivity index (χ3v) is 2.62. The van der Waals surface area contributed by atoms with E-state index in [1.165, 1.54) is 11.0 Å². The molecule has 1 aromatic rings. The van der Waals surface area contributed by atoms with Crippen LogP contribution in [0.4, 0.5) is 5.95 Å². The average Bonchev–Trinajstić information content (AvgIpc) is 2.76. The Labute approximate surface area is 93.6 Å². The molecular weight excluding hydrogens is 208 g/mol. The van der Waals surface area contributed by atoms with E-state index in [1.807, 2.05) is 7.05 Å². The summed E-state index contributed by atoms with van der Waals surface area (Å²) in [6.07, 6.45) is 2.46. The average molecular weight is 224 g/mol. The Balaban J connectivity index is 1.80. The molecule has 2 heterocycles. The fourth-order valence-electron chi connectivity index (χ4n) is 1.86. The molecular formula is C9H16N6O. The largest absolute Gasteiger partial charge is 0.367 e. The van der Waals surface area contributed by atoms with Gasteiger partial charge in [0.2, 0.25) is 11.9 Å². The molecule has 1 atom stereocenters. The number of carbonyl (C=O) groups excluding carboxylic acids is 1. The minimum atomic E-state index is -0.0507.